The van der Waals surface area contributed by atoms with Gasteiger partial charge in [-0.25, -0.2) is 0 Å². The van der Waals surface area contributed by atoms with E-state index < -0.39 is 0 Å². The Bertz CT molecular complexity index is 316. The second kappa shape index (κ2) is 6.76. The van der Waals surface area contributed by atoms with Crippen molar-refractivity contribution in [3.8, 4) is 0 Å². The standard InChI is InChI=1S/C9H12ClNO3S/c10-8-2-1-7(14-8)5-15-6-9(13)11-3-4-12/h1-2,12H,3-6H2,(H,11,13). The molecule has 1 rings (SSSR count). The summed E-state index contributed by atoms with van der Waals surface area (Å²) in [6.45, 7) is 0.260. The number of aliphatic hydroxyl groups is 1. The molecule has 0 fully saturated rings. The summed E-state index contributed by atoms with van der Waals surface area (Å²) < 4.78 is 5.12. The zero-order valence-electron chi connectivity index (χ0n) is 8.03. The molecule has 1 heterocycles. The van der Waals surface area contributed by atoms with Crippen LogP contribution in [0.25, 0.3) is 0 Å². The topological polar surface area (TPSA) is 62.5 Å². The minimum absolute atomic E-state index is 0.0375. The summed E-state index contributed by atoms with van der Waals surface area (Å²) in [6, 6.07) is 3.45. The van der Waals surface area contributed by atoms with Gasteiger partial charge in [-0.05, 0) is 23.7 Å². The van der Waals surface area contributed by atoms with Crippen LogP contribution >= 0.6 is 23.4 Å². The Morgan fingerprint density at radius 1 is 1.60 bits per heavy atom. The third kappa shape index (κ3) is 5.11. The molecule has 1 amide bonds. The van der Waals surface area contributed by atoms with Crippen molar-refractivity contribution in [2.75, 3.05) is 18.9 Å². The Labute approximate surface area is 97.0 Å². The molecule has 1 aromatic heterocycles. The number of carbonyl (C=O) groups is 1. The lowest BCUT2D eigenvalue weighted by molar-refractivity contribution is -0.118. The zero-order valence-corrected chi connectivity index (χ0v) is 9.61. The fourth-order valence-corrected chi connectivity index (χ4v) is 1.83. The van der Waals surface area contributed by atoms with E-state index in [1.807, 2.05) is 0 Å². The first-order chi connectivity index (χ1) is 7.22. The van der Waals surface area contributed by atoms with E-state index in [0.29, 0.717) is 23.3 Å². The van der Waals surface area contributed by atoms with Crippen LogP contribution in [0, 0.1) is 0 Å². The van der Waals surface area contributed by atoms with E-state index in [-0.39, 0.29) is 12.5 Å². The first kappa shape index (κ1) is 12.4. The Hall–Kier alpha value is -0.650. The molecule has 0 unspecified atom stereocenters. The first-order valence-corrected chi connectivity index (χ1v) is 5.95. The highest BCUT2D eigenvalue weighted by atomic mass is 35.5. The highest BCUT2D eigenvalue weighted by molar-refractivity contribution is 7.99. The van der Waals surface area contributed by atoms with Crippen LogP contribution < -0.4 is 5.32 Å². The molecule has 0 spiro atoms. The van der Waals surface area contributed by atoms with Crippen molar-refractivity contribution in [2.24, 2.45) is 0 Å². The molecule has 1 aromatic rings. The quantitative estimate of drug-likeness (QED) is 0.797. The minimum atomic E-state index is -0.0910. The van der Waals surface area contributed by atoms with Crippen LogP contribution in [0.15, 0.2) is 16.5 Å². The summed E-state index contributed by atoms with van der Waals surface area (Å²) in [6.07, 6.45) is 0. The number of thioether (sulfide) groups is 1. The average Bonchev–Trinajstić information content (AvgIpc) is 2.61. The molecule has 0 aliphatic heterocycles. The summed E-state index contributed by atoms with van der Waals surface area (Å²) in [7, 11) is 0. The molecule has 84 valence electrons. The lowest BCUT2D eigenvalue weighted by Gasteiger charge is -2.01. The van der Waals surface area contributed by atoms with E-state index in [4.69, 9.17) is 21.1 Å². The fourth-order valence-electron chi connectivity index (χ4n) is 0.920. The normalized spacial score (nSPS) is 10.3. The van der Waals surface area contributed by atoms with Crippen LogP contribution in [0.4, 0.5) is 0 Å². The lowest BCUT2D eigenvalue weighted by Crippen LogP contribution is -2.27. The van der Waals surface area contributed by atoms with Crippen LogP contribution in [-0.4, -0.2) is 29.9 Å². The summed E-state index contributed by atoms with van der Waals surface area (Å²) in [5.74, 6) is 1.61. The summed E-state index contributed by atoms with van der Waals surface area (Å²) >= 11 is 7.02. The summed E-state index contributed by atoms with van der Waals surface area (Å²) in [5, 5.41) is 11.4. The minimum Gasteiger partial charge on any atom is -0.449 e. The van der Waals surface area contributed by atoms with Gasteiger partial charge in [0.2, 0.25) is 5.91 Å². The average molecular weight is 250 g/mol. The van der Waals surface area contributed by atoms with Crippen molar-refractivity contribution in [2.45, 2.75) is 5.75 Å². The SMILES string of the molecule is O=C(CSCc1ccc(Cl)o1)NCCO. The Morgan fingerprint density at radius 3 is 3.00 bits per heavy atom. The van der Waals surface area contributed by atoms with E-state index in [0.717, 1.165) is 5.76 Å². The van der Waals surface area contributed by atoms with E-state index in [9.17, 15) is 4.79 Å². The van der Waals surface area contributed by atoms with Gasteiger partial charge in [0.25, 0.3) is 0 Å². The highest BCUT2D eigenvalue weighted by Crippen LogP contribution is 2.18. The van der Waals surface area contributed by atoms with Gasteiger partial charge in [0, 0.05) is 6.54 Å². The largest absolute Gasteiger partial charge is 0.449 e. The van der Waals surface area contributed by atoms with Crippen molar-refractivity contribution >= 4 is 29.3 Å². The molecule has 0 saturated heterocycles. The van der Waals surface area contributed by atoms with E-state index in [1.54, 1.807) is 12.1 Å². The molecular formula is C9H12ClNO3S. The predicted octanol–water partition coefficient (Wildman–Crippen LogP) is 1.27. The number of carbonyl (C=O) groups excluding carboxylic acids is 1. The molecule has 4 nitrogen and oxygen atoms in total. The molecule has 6 heteroatoms. The predicted molar refractivity (Wildman–Crippen MR) is 60.0 cm³/mol. The first-order valence-electron chi connectivity index (χ1n) is 4.42. The van der Waals surface area contributed by atoms with Crippen LogP contribution in [-0.2, 0) is 10.5 Å². The van der Waals surface area contributed by atoms with Gasteiger partial charge in [-0.3, -0.25) is 4.79 Å². The maximum absolute atomic E-state index is 11.1. The van der Waals surface area contributed by atoms with E-state index in [1.165, 1.54) is 11.8 Å². The molecule has 0 radical (unpaired) electrons. The fraction of sp³-hybridized carbons (Fsp3) is 0.444. The van der Waals surface area contributed by atoms with Crippen LogP contribution in [0.2, 0.25) is 5.22 Å². The molecule has 0 aliphatic carbocycles. The van der Waals surface area contributed by atoms with Crippen molar-refractivity contribution in [3.05, 3.63) is 23.1 Å². The number of aliphatic hydroxyl groups excluding tert-OH is 1. The van der Waals surface area contributed by atoms with Crippen molar-refractivity contribution in [3.63, 3.8) is 0 Å². The number of hydrogen-bond donors (Lipinski definition) is 2. The monoisotopic (exact) mass is 249 g/mol. The summed E-state index contributed by atoms with van der Waals surface area (Å²) in [4.78, 5) is 11.1. The van der Waals surface area contributed by atoms with Gasteiger partial charge in [-0.1, -0.05) is 0 Å². The number of amides is 1. The Morgan fingerprint density at radius 2 is 2.40 bits per heavy atom. The molecule has 0 aliphatic rings. The maximum Gasteiger partial charge on any atom is 0.230 e. The number of nitrogens with one attached hydrogen (secondary N) is 1. The Kier molecular flexibility index (Phi) is 5.60. The third-order valence-corrected chi connectivity index (χ3v) is 2.70. The molecule has 0 atom stereocenters. The van der Waals surface area contributed by atoms with Crippen molar-refractivity contribution in [1.82, 2.24) is 5.32 Å². The van der Waals surface area contributed by atoms with E-state index >= 15 is 0 Å². The molecular weight excluding hydrogens is 238 g/mol. The number of halogens is 1. The number of furan rings is 1. The Balaban J connectivity index is 2.13. The van der Waals surface area contributed by atoms with Crippen LogP contribution in [0.5, 0.6) is 0 Å². The van der Waals surface area contributed by atoms with Gasteiger partial charge in [0.1, 0.15) is 5.76 Å². The molecule has 0 aromatic carbocycles. The second-order valence-corrected chi connectivity index (χ2v) is 4.13. The number of rotatable bonds is 6. The summed E-state index contributed by atoms with van der Waals surface area (Å²) in [5.41, 5.74) is 0. The number of hydrogen-bond acceptors (Lipinski definition) is 4. The van der Waals surface area contributed by atoms with Gasteiger partial charge in [-0.2, -0.15) is 0 Å². The second-order valence-electron chi connectivity index (χ2n) is 2.77. The smallest absolute Gasteiger partial charge is 0.230 e. The van der Waals surface area contributed by atoms with E-state index in [2.05, 4.69) is 5.32 Å². The van der Waals surface area contributed by atoms with Gasteiger partial charge < -0.3 is 14.8 Å². The van der Waals surface area contributed by atoms with Crippen LogP contribution in [0.1, 0.15) is 5.76 Å². The molecule has 0 bridgehead atoms. The molecule has 0 saturated carbocycles. The zero-order chi connectivity index (χ0) is 11.1. The molecule has 2 N–H and O–H groups in total. The van der Waals surface area contributed by atoms with Gasteiger partial charge >= 0.3 is 0 Å². The van der Waals surface area contributed by atoms with Crippen molar-refractivity contribution < 1.29 is 14.3 Å². The van der Waals surface area contributed by atoms with Crippen molar-refractivity contribution in [1.29, 1.82) is 0 Å². The van der Waals surface area contributed by atoms with Gasteiger partial charge in [-0.15, -0.1) is 11.8 Å². The third-order valence-electron chi connectivity index (χ3n) is 1.54. The molecule has 15 heavy (non-hydrogen) atoms. The highest BCUT2D eigenvalue weighted by Gasteiger charge is 2.03. The van der Waals surface area contributed by atoms with Gasteiger partial charge in [0.05, 0.1) is 18.1 Å². The lowest BCUT2D eigenvalue weighted by atomic mass is 10.5. The van der Waals surface area contributed by atoms with Gasteiger partial charge in [0.15, 0.2) is 5.22 Å². The van der Waals surface area contributed by atoms with Crippen LogP contribution in [0.3, 0.4) is 0 Å². The maximum atomic E-state index is 11.1.